The van der Waals surface area contributed by atoms with Crippen LogP contribution in [0.15, 0.2) is 4.79 Å². The lowest BCUT2D eigenvalue weighted by Gasteiger charge is -2.36. The minimum atomic E-state index is 0.0299. The Balaban J connectivity index is 2.19. The Bertz CT molecular complexity index is 549. The van der Waals surface area contributed by atoms with Crippen LogP contribution in [0.3, 0.4) is 0 Å². The monoisotopic (exact) mass is 402 g/mol. The van der Waals surface area contributed by atoms with Gasteiger partial charge in [-0.05, 0) is 65.5 Å². The second kappa shape index (κ2) is 6.39. The highest BCUT2D eigenvalue weighted by Gasteiger charge is 2.31. The molecule has 1 aliphatic carbocycles. The van der Waals surface area contributed by atoms with Crippen LogP contribution in [0.1, 0.15) is 83.7 Å². The second-order valence-corrected chi connectivity index (χ2v) is 8.80. The molecule has 0 unspecified atom stereocenters. The zero-order valence-electron chi connectivity index (χ0n) is 13.8. The smallest absolute Gasteiger partial charge is 0.264 e. The number of H-pyrrole nitrogens is 1. The van der Waals surface area contributed by atoms with Crippen LogP contribution < -0.4 is 5.56 Å². The zero-order chi connectivity index (χ0) is 15.8. The summed E-state index contributed by atoms with van der Waals surface area (Å²) in [7, 11) is 0. The van der Waals surface area contributed by atoms with Crippen LogP contribution >= 0.6 is 22.6 Å². The van der Waals surface area contributed by atoms with Crippen molar-refractivity contribution in [3.05, 3.63) is 25.4 Å². The third-order valence-corrected chi connectivity index (χ3v) is 5.83. The minimum absolute atomic E-state index is 0.0299. The van der Waals surface area contributed by atoms with E-state index in [1.54, 1.807) is 0 Å². The molecule has 1 saturated carbocycles. The lowest BCUT2D eigenvalue weighted by molar-refractivity contribution is 0.167. The Hall–Kier alpha value is -0.390. The van der Waals surface area contributed by atoms with E-state index < -0.39 is 0 Å². The fourth-order valence-electron chi connectivity index (χ4n) is 3.30. The van der Waals surface area contributed by atoms with E-state index in [0.717, 1.165) is 33.8 Å². The lowest BCUT2D eigenvalue weighted by Crippen LogP contribution is -2.27. The van der Waals surface area contributed by atoms with Crippen LogP contribution in [0, 0.1) is 14.9 Å². The van der Waals surface area contributed by atoms with Gasteiger partial charge >= 0.3 is 0 Å². The molecule has 0 aliphatic heterocycles. The normalized spacial score (nSPS) is 23.6. The summed E-state index contributed by atoms with van der Waals surface area (Å²) >= 11 is 2.12. The first-order valence-electron chi connectivity index (χ1n) is 7.99. The van der Waals surface area contributed by atoms with Crippen LogP contribution in [0.25, 0.3) is 0 Å². The Morgan fingerprint density at radius 1 is 1.19 bits per heavy atom. The van der Waals surface area contributed by atoms with Crippen molar-refractivity contribution in [1.82, 2.24) is 9.97 Å². The van der Waals surface area contributed by atoms with Crippen molar-refractivity contribution in [3.63, 3.8) is 0 Å². The number of aromatic nitrogens is 2. The molecule has 1 aromatic rings. The van der Waals surface area contributed by atoms with Gasteiger partial charge < -0.3 is 4.98 Å². The van der Waals surface area contributed by atoms with E-state index >= 15 is 0 Å². The number of nitrogens with one attached hydrogen (secondary N) is 1. The summed E-state index contributed by atoms with van der Waals surface area (Å²) in [6, 6.07) is 0. The van der Waals surface area contributed by atoms with Crippen LogP contribution in [0.4, 0.5) is 0 Å². The average Bonchev–Trinajstić information content (AvgIpc) is 2.40. The van der Waals surface area contributed by atoms with Gasteiger partial charge in [-0.15, -0.1) is 0 Å². The van der Waals surface area contributed by atoms with E-state index in [-0.39, 0.29) is 5.56 Å². The molecule has 0 radical (unpaired) electrons. The van der Waals surface area contributed by atoms with Gasteiger partial charge in [0.1, 0.15) is 5.82 Å². The number of aromatic amines is 1. The number of hydrogen-bond acceptors (Lipinski definition) is 2. The van der Waals surface area contributed by atoms with Gasteiger partial charge in [0.15, 0.2) is 0 Å². The Kier molecular flexibility index (Phi) is 5.16. The summed E-state index contributed by atoms with van der Waals surface area (Å²) in [5, 5.41) is 0. The molecule has 118 valence electrons. The number of hydrogen-bond donors (Lipinski definition) is 1. The van der Waals surface area contributed by atoms with Crippen LogP contribution in [0.2, 0.25) is 0 Å². The van der Waals surface area contributed by atoms with Gasteiger partial charge in [-0.25, -0.2) is 4.98 Å². The second-order valence-electron chi connectivity index (χ2n) is 7.72. The SMILES string of the molecule is CC(C)c1nc(C2CCC(C(C)(C)C)CC2)[nH]c(=O)c1I. The maximum Gasteiger partial charge on any atom is 0.264 e. The highest BCUT2D eigenvalue weighted by molar-refractivity contribution is 14.1. The van der Waals surface area contributed by atoms with E-state index in [2.05, 4.69) is 62.2 Å². The summed E-state index contributed by atoms with van der Waals surface area (Å²) in [5.74, 6) is 2.42. The molecule has 1 fully saturated rings. The zero-order valence-corrected chi connectivity index (χ0v) is 16.0. The van der Waals surface area contributed by atoms with E-state index in [4.69, 9.17) is 4.98 Å². The molecule has 1 aliphatic rings. The summed E-state index contributed by atoms with van der Waals surface area (Å²) in [6.07, 6.45) is 4.76. The number of rotatable bonds is 2. The number of nitrogens with zero attached hydrogens (tertiary/aromatic N) is 1. The predicted molar refractivity (Wildman–Crippen MR) is 95.8 cm³/mol. The Labute approximate surface area is 141 Å². The lowest BCUT2D eigenvalue weighted by atomic mass is 9.69. The van der Waals surface area contributed by atoms with Gasteiger partial charge in [-0.3, -0.25) is 4.79 Å². The molecule has 0 aromatic carbocycles. The van der Waals surface area contributed by atoms with Gasteiger partial charge in [0.05, 0.1) is 9.26 Å². The molecule has 0 amide bonds. The summed E-state index contributed by atoms with van der Waals surface area (Å²) in [4.78, 5) is 19.9. The Morgan fingerprint density at radius 3 is 2.24 bits per heavy atom. The molecule has 1 heterocycles. The van der Waals surface area contributed by atoms with Gasteiger partial charge in [-0.1, -0.05) is 34.6 Å². The molecular formula is C17H27IN2O. The van der Waals surface area contributed by atoms with E-state index in [1.807, 2.05) is 0 Å². The molecule has 21 heavy (non-hydrogen) atoms. The molecule has 3 nitrogen and oxygen atoms in total. The predicted octanol–water partition coefficient (Wildman–Crippen LogP) is 4.82. The molecule has 0 bridgehead atoms. The van der Waals surface area contributed by atoms with Gasteiger partial charge in [0, 0.05) is 5.92 Å². The first kappa shape index (κ1) is 17.0. The molecule has 2 rings (SSSR count). The van der Waals surface area contributed by atoms with Crippen molar-refractivity contribution in [2.24, 2.45) is 11.3 Å². The van der Waals surface area contributed by atoms with E-state index in [0.29, 0.717) is 17.3 Å². The molecule has 1 N–H and O–H groups in total. The highest BCUT2D eigenvalue weighted by Crippen LogP contribution is 2.42. The summed E-state index contributed by atoms with van der Waals surface area (Å²) < 4.78 is 0.745. The van der Waals surface area contributed by atoms with Crippen molar-refractivity contribution in [3.8, 4) is 0 Å². The van der Waals surface area contributed by atoms with Crippen molar-refractivity contribution in [1.29, 1.82) is 0 Å². The maximum atomic E-state index is 12.1. The fraction of sp³-hybridized carbons (Fsp3) is 0.765. The quantitative estimate of drug-likeness (QED) is 0.722. The van der Waals surface area contributed by atoms with E-state index in [9.17, 15) is 4.79 Å². The average molecular weight is 402 g/mol. The van der Waals surface area contributed by atoms with Gasteiger partial charge in [0.2, 0.25) is 0 Å². The molecule has 0 spiro atoms. The van der Waals surface area contributed by atoms with Gasteiger partial charge in [-0.2, -0.15) is 0 Å². The standard InChI is InChI=1S/C17H27IN2O/c1-10(2)14-13(18)16(21)20-15(19-14)11-6-8-12(9-7-11)17(3,4)5/h10-12H,6-9H2,1-5H3,(H,19,20,21). The molecule has 4 heteroatoms. The summed E-state index contributed by atoms with van der Waals surface area (Å²) in [5.41, 5.74) is 1.37. The summed E-state index contributed by atoms with van der Waals surface area (Å²) in [6.45, 7) is 11.2. The van der Waals surface area contributed by atoms with Crippen LogP contribution in [-0.2, 0) is 0 Å². The minimum Gasteiger partial charge on any atom is -0.309 e. The first-order chi connectivity index (χ1) is 9.70. The third-order valence-electron chi connectivity index (χ3n) is 4.79. The molecule has 0 saturated heterocycles. The first-order valence-corrected chi connectivity index (χ1v) is 9.07. The third kappa shape index (κ3) is 3.88. The molecule has 0 atom stereocenters. The van der Waals surface area contributed by atoms with Crippen molar-refractivity contribution in [2.45, 2.75) is 72.1 Å². The number of halogens is 1. The van der Waals surface area contributed by atoms with Crippen molar-refractivity contribution in [2.75, 3.05) is 0 Å². The fourth-order valence-corrected chi connectivity index (χ4v) is 4.18. The van der Waals surface area contributed by atoms with Gasteiger partial charge in [0.25, 0.3) is 5.56 Å². The Morgan fingerprint density at radius 2 is 1.76 bits per heavy atom. The highest BCUT2D eigenvalue weighted by atomic mass is 127. The van der Waals surface area contributed by atoms with E-state index in [1.165, 1.54) is 12.8 Å². The van der Waals surface area contributed by atoms with Crippen molar-refractivity contribution < 1.29 is 0 Å². The maximum absolute atomic E-state index is 12.1. The molecule has 1 aromatic heterocycles. The van der Waals surface area contributed by atoms with Crippen LogP contribution in [-0.4, -0.2) is 9.97 Å². The molecular weight excluding hydrogens is 375 g/mol. The van der Waals surface area contributed by atoms with Crippen molar-refractivity contribution >= 4 is 22.6 Å². The largest absolute Gasteiger partial charge is 0.309 e. The topological polar surface area (TPSA) is 45.8 Å². The van der Waals surface area contributed by atoms with Crippen LogP contribution in [0.5, 0.6) is 0 Å².